The van der Waals surface area contributed by atoms with E-state index in [9.17, 15) is 17.2 Å². The Morgan fingerprint density at radius 2 is 1.72 bits per heavy atom. The molecule has 1 aliphatic heterocycles. The Labute approximate surface area is 227 Å². The maximum atomic E-state index is 14.1. The van der Waals surface area contributed by atoms with Gasteiger partial charge in [-0.25, -0.2) is 22.2 Å². The van der Waals surface area contributed by atoms with Crippen molar-refractivity contribution in [1.29, 1.82) is 0 Å². The van der Waals surface area contributed by atoms with Crippen LogP contribution in [0.2, 0.25) is 0 Å². The second kappa shape index (κ2) is 11.7. The standard InChI is InChI=1S/C28H32F2N6O2S/c1-35-13-15-36(16-14-35)24-9-7-23(8-10-24)33-28-31-19-20(27(34-28)32-22-4-2-3-5-22)12-17-39(37,38)26-11-6-21(29)18-25(26)30/h6-12,17-19,22H,2-5,13-16H2,1H3,(H2,31,32,33,34). The summed E-state index contributed by atoms with van der Waals surface area (Å²) in [5.74, 6) is -1.13. The monoisotopic (exact) mass is 554 g/mol. The molecule has 0 unspecified atom stereocenters. The van der Waals surface area contributed by atoms with Gasteiger partial charge in [0.05, 0.1) is 0 Å². The first-order chi connectivity index (χ1) is 18.8. The molecule has 0 amide bonds. The summed E-state index contributed by atoms with van der Waals surface area (Å²) in [6.07, 6.45) is 7.06. The van der Waals surface area contributed by atoms with Crippen molar-refractivity contribution < 1.29 is 17.2 Å². The maximum Gasteiger partial charge on any atom is 0.229 e. The first-order valence-corrected chi connectivity index (χ1v) is 14.6. The Morgan fingerprint density at radius 3 is 2.41 bits per heavy atom. The summed E-state index contributed by atoms with van der Waals surface area (Å²) in [6.45, 7) is 4.04. The van der Waals surface area contributed by atoms with E-state index in [0.717, 1.165) is 80.8 Å². The number of piperazine rings is 1. The number of hydrogen-bond acceptors (Lipinski definition) is 8. The molecule has 0 atom stereocenters. The summed E-state index contributed by atoms with van der Waals surface area (Å²) in [6, 6.07) is 10.7. The van der Waals surface area contributed by atoms with E-state index in [2.05, 4.69) is 49.6 Å². The molecule has 1 saturated heterocycles. The molecule has 1 aliphatic carbocycles. The first-order valence-electron chi connectivity index (χ1n) is 13.1. The number of hydrogen-bond donors (Lipinski definition) is 2. The molecule has 206 valence electrons. The Bertz CT molecular complexity index is 1430. The Morgan fingerprint density at radius 1 is 1.00 bits per heavy atom. The minimum absolute atomic E-state index is 0.217. The van der Waals surface area contributed by atoms with Gasteiger partial charge in [-0.3, -0.25) is 0 Å². The van der Waals surface area contributed by atoms with Crippen LogP contribution in [0.1, 0.15) is 31.2 Å². The average molecular weight is 555 g/mol. The van der Waals surface area contributed by atoms with Crippen LogP contribution in [-0.2, 0) is 9.84 Å². The van der Waals surface area contributed by atoms with Gasteiger partial charge >= 0.3 is 0 Å². The number of anilines is 4. The van der Waals surface area contributed by atoms with Gasteiger partial charge in [0.25, 0.3) is 0 Å². The van der Waals surface area contributed by atoms with Gasteiger partial charge in [0.15, 0.2) is 0 Å². The summed E-state index contributed by atoms with van der Waals surface area (Å²) in [7, 11) is -2.02. The molecule has 8 nitrogen and oxygen atoms in total. The summed E-state index contributed by atoms with van der Waals surface area (Å²) in [4.78, 5) is 13.1. The summed E-state index contributed by atoms with van der Waals surface area (Å²) in [5, 5.41) is 7.54. The lowest BCUT2D eigenvalue weighted by atomic mass is 10.2. The predicted octanol–water partition coefficient (Wildman–Crippen LogP) is 5.05. The third-order valence-corrected chi connectivity index (χ3v) is 8.57. The number of nitrogens with zero attached hydrogens (tertiary/aromatic N) is 4. The SMILES string of the molecule is CN1CCN(c2ccc(Nc3ncc(C=CS(=O)(=O)c4ccc(F)cc4F)c(NC4CCCC4)n3)cc2)CC1. The Hall–Kier alpha value is -3.57. The van der Waals surface area contributed by atoms with Crippen molar-refractivity contribution in [2.45, 2.75) is 36.6 Å². The zero-order valence-corrected chi connectivity index (χ0v) is 22.6. The van der Waals surface area contributed by atoms with Crippen LogP contribution in [0.5, 0.6) is 0 Å². The molecular formula is C28H32F2N6O2S. The first kappa shape index (κ1) is 27.0. The van der Waals surface area contributed by atoms with E-state index in [1.54, 1.807) is 0 Å². The molecule has 0 bridgehead atoms. The average Bonchev–Trinajstić information content (AvgIpc) is 3.42. The fraction of sp³-hybridized carbons (Fsp3) is 0.357. The molecule has 3 aromatic rings. The Kier molecular flexibility index (Phi) is 8.08. The van der Waals surface area contributed by atoms with Crippen LogP contribution in [0.3, 0.4) is 0 Å². The highest BCUT2D eigenvalue weighted by atomic mass is 32.2. The van der Waals surface area contributed by atoms with Crippen LogP contribution in [0.4, 0.5) is 31.9 Å². The van der Waals surface area contributed by atoms with E-state index >= 15 is 0 Å². The minimum atomic E-state index is -4.15. The van der Waals surface area contributed by atoms with Gasteiger partial charge in [-0.05, 0) is 62.4 Å². The lowest BCUT2D eigenvalue weighted by molar-refractivity contribution is 0.313. The summed E-state index contributed by atoms with van der Waals surface area (Å²) >= 11 is 0. The molecular weight excluding hydrogens is 522 g/mol. The molecule has 2 N–H and O–H groups in total. The third-order valence-electron chi connectivity index (χ3n) is 7.13. The van der Waals surface area contributed by atoms with Gasteiger partial charge in [0, 0.05) is 66.8 Å². The normalized spacial score (nSPS) is 17.2. The number of halogens is 2. The van der Waals surface area contributed by atoms with Crippen molar-refractivity contribution in [2.24, 2.45) is 0 Å². The van der Waals surface area contributed by atoms with Crippen LogP contribution >= 0.6 is 0 Å². The number of sulfone groups is 1. The molecule has 39 heavy (non-hydrogen) atoms. The summed E-state index contributed by atoms with van der Waals surface area (Å²) in [5.41, 5.74) is 2.44. The van der Waals surface area contributed by atoms with E-state index < -0.39 is 26.4 Å². The van der Waals surface area contributed by atoms with E-state index in [0.29, 0.717) is 23.4 Å². The van der Waals surface area contributed by atoms with Crippen LogP contribution < -0.4 is 15.5 Å². The van der Waals surface area contributed by atoms with Gasteiger partial charge in [-0.2, -0.15) is 4.98 Å². The molecule has 0 spiro atoms. The van der Waals surface area contributed by atoms with Crippen molar-refractivity contribution >= 4 is 39.1 Å². The van der Waals surface area contributed by atoms with E-state index in [1.807, 2.05) is 12.1 Å². The van der Waals surface area contributed by atoms with Crippen LogP contribution in [0, 0.1) is 11.6 Å². The van der Waals surface area contributed by atoms with Gasteiger partial charge in [-0.1, -0.05) is 12.8 Å². The largest absolute Gasteiger partial charge is 0.369 e. The van der Waals surface area contributed by atoms with Crippen LogP contribution in [0.15, 0.2) is 59.0 Å². The van der Waals surface area contributed by atoms with Crippen molar-refractivity contribution in [1.82, 2.24) is 14.9 Å². The van der Waals surface area contributed by atoms with Crippen molar-refractivity contribution in [3.05, 3.63) is 71.3 Å². The van der Waals surface area contributed by atoms with Gasteiger partial charge < -0.3 is 20.4 Å². The highest BCUT2D eigenvalue weighted by Crippen LogP contribution is 2.27. The van der Waals surface area contributed by atoms with Crippen LogP contribution in [-0.4, -0.2) is 62.6 Å². The van der Waals surface area contributed by atoms with Crippen molar-refractivity contribution in [3.8, 4) is 0 Å². The van der Waals surface area contributed by atoms with E-state index in [-0.39, 0.29) is 6.04 Å². The molecule has 1 aromatic heterocycles. The zero-order chi connectivity index (χ0) is 27.4. The molecule has 11 heteroatoms. The molecule has 5 rings (SSSR count). The van der Waals surface area contributed by atoms with Gasteiger partial charge in [-0.15, -0.1) is 0 Å². The van der Waals surface area contributed by atoms with E-state index in [4.69, 9.17) is 0 Å². The minimum Gasteiger partial charge on any atom is -0.369 e. The van der Waals surface area contributed by atoms with Crippen molar-refractivity contribution in [2.75, 3.05) is 48.8 Å². The smallest absolute Gasteiger partial charge is 0.229 e. The number of likely N-dealkylation sites (N-methyl/N-ethyl adjacent to an activating group) is 1. The predicted molar refractivity (Wildman–Crippen MR) is 150 cm³/mol. The molecule has 2 fully saturated rings. The maximum absolute atomic E-state index is 14.1. The third kappa shape index (κ3) is 6.72. The highest BCUT2D eigenvalue weighted by Gasteiger charge is 2.20. The Balaban J connectivity index is 1.35. The lowest BCUT2D eigenvalue weighted by Crippen LogP contribution is -2.44. The van der Waals surface area contributed by atoms with Gasteiger partial charge in [0.2, 0.25) is 15.8 Å². The number of aromatic nitrogens is 2. The quantitative estimate of drug-likeness (QED) is 0.374. The van der Waals surface area contributed by atoms with Crippen LogP contribution in [0.25, 0.3) is 6.08 Å². The number of nitrogens with one attached hydrogen (secondary N) is 2. The fourth-order valence-electron chi connectivity index (χ4n) is 4.84. The lowest BCUT2D eigenvalue weighted by Gasteiger charge is -2.34. The summed E-state index contributed by atoms with van der Waals surface area (Å²) < 4.78 is 52.8. The second-order valence-electron chi connectivity index (χ2n) is 10.0. The molecule has 2 heterocycles. The molecule has 2 aliphatic rings. The molecule has 1 saturated carbocycles. The van der Waals surface area contributed by atoms with Crippen molar-refractivity contribution in [3.63, 3.8) is 0 Å². The van der Waals surface area contributed by atoms with E-state index in [1.165, 1.54) is 12.3 Å². The number of benzene rings is 2. The van der Waals surface area contributed by atoms with Gasteiger partial charge in [0.1, 0.15) is 22.3 Å². The molecule has 2 aromatic carbocycles. The topological polar surface area (TPSA) is 90.5 Å². The number of rotatable bonds is 8. The highest BCUT2D eigenvalue weighted by molar-refractivity contribution is 7.94. The fourth-order valence-corrected chi connectivity index (χ4v) is 5.90. The zero-order valence-electron chi connectivity index (χ0n) is 21.8. The second-order valence-corrected chi connectivity index (χ2v) is 11.8. The molecule has 0 radical (unpaired) electrons.